The summed E-state index contributed by atoms with van der Waals surface area (Å²) in [5, 5.41) is 8.71. The van der Waals surface area contributed by atoms with E-state index >= 15 is 0 Å². The smallest absolute Gasteiger partial charge is 0.400 e. The molecular weight excluding hydrogens is 173 g/mol. The highest BCUT2D eigenvalue weighted by molar-refractivity contribution is 5.72. The third-order valence-corrected chi connectivity index (χ3v) is 0.970. The van der Waals surface area contributed by atoms with E-state index < -0.39 is 12.4 Å². The Labute approximate surface area is 67.4 Å². The maximum absolute atomic E-state index is 11.4. The summed E-state index contributed by atoms with van der Waals surface area (Å²) in [5.41, 5.74) is 5.03. The molecule has 70 valence electrons. The molecule has 0 amide bonds. The Balaban J connectivity index is 4.13. The van der Waals surface area contributed by atoms with Crippen molar-refractivity contribution in [1.29, 1.82) is 0 Å². The zero-order chi connectivity index (χ0) is 9.78. The van der Waals surface area contributed by atoms with Crippen molar-refractivity contribution in [2.45, 2.75) is 19.3 Å². The summed E-state index contributed by atoms with van der Waals surface area (Å²) in [7, 11) is 0. The van der Waals surface area contributed by atoms with Crippen LogP contribution in [-0.4, -0.2) is 23.7 Å². The molecule has 0 fully saturated rings. The summed E-state index contributed by atoms with van der Waals surface area (Å²) in [6.45, 7) is 1.34. The molecule has 0 saturated carbocycles. The highest BCUT2D eigenvalue weighted by atomic mass is 19.4. The molecule has 0 saturated heterocycles. The summed E-state index contributed by atoms with van der Waals surface area (Å²) in [4.78, 5) is 2.19. The van der Waals surface area contributed by atoms with Crippen molar-refractivity contribution >= 4 is 6.21 Å². The third-order valence-electron chi connectivity index (χ3n) is 0.970. The van der Waals surface area contributed by atoms with Crippen LogP contribution in [0.15, 0.2) is 16.8 Å². The molecular formula is C6H9F3N2O. The van der Waals surface area contributed by atoms with E-state index in [1.165, 1.54) is 6.92 Å². The average Bonchev–Trinajstić information content (AvgIpc) is 1.84. The molecule has 0 aliphatic heterocycles. The predicted molar refractivity (Wildman–Crippen MR) is 38.5 cm³/mol. The number of hydrogen-bond acceptors (Lipinski definition) is 3. The van der Waals surface area contributed by atoms with Gasteiger partial charge in [0, 0.05) is 11.9 Å². The molecule has 0 aliphatic rings. The number of nitrogens with zero attached hydrogens (tertiary/aromatic N) is 1. The van der Waals surface area contributed by atoms with Gasteiger partial charge in [-0.1, -0.05) is 0 Å². The summed E-state index contributed by atoms with van der Waals surface area (Å²) >= 11 is 0. The monoisotopic (exact) mass is 182 g/mol. The van der Waals surface area contributed by atoms with Gasteiger partial charge in [-0.3, -0.25) is 0 Å². The Kier molecular flexibility index (Phi) is 3.75. The van der Waals surface area contributed by atoms with E-state index in [0.717, 1.165) is 6.08 Å². The molecule has 0 radical (unpaired) electrons. The van der Waals surface area contributed by atoms with Crippen molar-refractivity contribution in [2.75, 3.05) is 0 Å². The quantitative estimate of drug-likeness (QED) is 0.490. The number of aliphatic hydroxyl groups excluding tert-OH is 1. The first kappa shape index (κ1) is 11.0. The first-order chi connectivity index (χ1) is 5.33. The highest BCUT2D eigenvalue weighted by Crippen LogP contribution is 2.14. The normalized spacial score (nSPS) is 16.9. The molecule has 12 heavy (non-hydrogen) atoms. The molecule has 0 bridgehead atoms. The van der Waals surface area contributed by atoms with Crippen LogP contribution >= 0.6 is 0 Å². The maximum atomic E-state index is 11.4. The lowest BCUT2D eigenvalue weighted by Gasteiger charge is -2.01. The van der Waals surface area contributed by atoms with Crippen LogP contribution in [0.3, 0.4) is 0 Å². The van der Waals surface area contributed by atoms with Gasteiger partial charge in [-0.25, -0.2) is 0 Å². The first-order valence-corrected chi connectivity index (χ1v) is 3.08. The fraction of sp³-hybridized carbons (Fsp3) is 0.500. The van der Waals surface area contributed by atoms with Gasteiger partial charge >= 0.3 is 6.30 Å². The van der Waals surface area contributed by atoms with Crippen LogP contribution in [0.4, 0.5) is 13.2 Å². The number of nitrogens with two attached hydrogens (primary N) is 1. The molecule has 3 N–H and O–H groups in total. The Morgan fingerprint density at radius 3 is 2.42 bits per heavy atom. The minimum Gasteiger partial charge on any atom is -0.400 e. The van der Waals surface area contributed by atoms with Crippen LogP contribution in [0, 0.1) is 0 Å². The van der Waals surface area contributed by atoms with Crippen molar-refractivity contribution < 1.29 is 18.3 Å². The Morgan fingerprint density at radius 1 is 1.58 bits per heavy atom. The van der Waals surface area contributed by atoms with Crippen LogP contribution in [0.2, 0.25) is 0 Å². The molecule has 0 heterocycles. The molecule has 6 heteroatoms. The van der Waals surface area contributed by atoms with Gasteiger partial charge in [0.2, 0.25) is 0 Å². The van der Waals surface area contributed by atoms with Gasteiger partial charge in [-0.15, -0.1) is 13.2 Å². The number of rotatable bonds is 2. The number of hydrogen-bond donors (Lipinski definition) is 2. The molecule has 0 aromatic rings. The van der Waals surface area contributed by atoms with E-state index in [2.05, 4.69) is 4.99 Å². The van der Waals surface area contributed by atoms with Gasteiger partial charge in [0.1, 0.15) is 0 Å². The second-order valence-corrected chi connectivity index (χ2v) is 2.09. The summed E-state index contributed by atoms with van der Waals surface area (Å²) in [5.74, 6) is 0. The minimum absolute atomic E-state index is 0.0667. The van der Waals surface area contributed by atoms with Crippen molar-refractivity contribution in [3.05, 3.63) is 11.8 Å². The van der Waals surface area contributed by atoms with Crippen LogP contribution in [0.25, 0.3) is 0 Å². The summed E-state index contributed by atoms with van der Waals surface area (Å²) in [6, 6.07) is 0. The molecule has 0 spiro atoms. The number of aliphatic imine (C=N–C) groups is 1. The number of alkyl halides is 3. The van der Waals surface area contributed by atoms with Gasteiger partial charge in [0.05, 0.1) is 6.10 Å². The van der Waals surface area contributed by atoms with Gasteiger partial charge in [-0.05, 0) is 13.0 Å². The van der Waals surface area contributed by atoms with Crippen LogP contribution < -0.4 is 5.73 Å². The number of halogens is 3. The SMILES string of the molecule is CC(O)C(N)=CC=NC(F)(F)F. The molecule has 0 aromatic carbocycles. The standard InChI is InChI=1S/C6H9F3N2O/c1-4(12)5(10)2-3-11-6(7,8)9/h2-4,12H,10H2,1H3. The van der Waals surface area contributed by atoms with Crippen LogP contribution in [-0.2, 0) is 0 Å². The summed E-state index contributed by atoms with van der Waals surface area (Å²) in [6.07, 6.45) is -4.15. The zero-order valence-corrected chi connectivity index (χ0v) is 6.34. The van der Waals surface area contributed by atoms with E-state index in [4.69, 9.17) is 10.8 Å². The zero-order valence-electron chi connectivity index (χ0n) is 6.34. The summed E-state index contributed by atoms with van der Waals surface area (Å²) < 4.78 is 34.1. The molecule has 0 aromatic heterocycles. The third kappa shape index (κ3) is 5.72. The van der Waals surface area contributed by atoms with Crippen molar-refractivity contribution in [2.24, 2.45) is 10.7 Å². The highest BCUT2D eigenvalue weighted by Gasteiger charge is 2.24. The molecule has 0 rings (SSSR count). The molecule has 0 aliphatic carbocycles. The van der Waals surface area contributed by atoms with Gasteiger partial charge < -0.3 is 10.8 Å². The fourth-order valence-electron chi connectivity index (χ4n) is 0.347. The van der Waals surface area contributed by atoms with E-state index in [0.29, 0.717) is 6.21 Å². The Hall–Kier alpha value is -1.04. The topological polar surface area (TPSA) is 58.6 Å². The van der Waals surface area contributed by atoms with Gasteiger partial charge in [-0.2, -0.15) is 4.99 Å². The second-order valence-electron chi connectivity index (χ2n) is 2.09. The van der Waals surface area contributed by atoms with Crippen LogP contribution in [0.5, 0.6) is 0 Å². The van der Waals surface area contributed by atoms with E-state index in [-0.39, 0.29) is 5.70 Å². The lowest BCUT2D eigenvalue weighted by atomic mass is 10.3. The number of aliphatic hydroxyl groups is 1. The first-order valence-electron chi connectivity index (χ1n) is 3.08. The molecule has 1 unspecified atom stereocenters. The number of allylic oxidation sites excluding steroid dienone is 1. The maximum Gasteiger partial charge on any atom is 0.503 e. The predicted octanol–water partition coefficient (Wildman–Crippen LogP) is 0.800. The van der Waals surface area contributed by atoms with E-state index in [1.807, 2.05) is 0 Å². The lowest BCUT2D eigenvalue weighted by molar-refractivity contribution is -0.118. The van der Waals surface area contributed by atoms with Crippen molar-refractivity contribution in [3.63, 3.8) is 0 Å². The molecule has 1 atom stereocenters. The average molecular weight is 182 g/mol. The second kappa shape index (κ2) is 4.10. The molecule has 3 nitrogen and oxygen atoms in total. The fourth-order valence-corrected chi connectivity index (χ4v) is 0.347. The van der Waals surface area contributed by atoms with E-state index in [9.17, 15) is 13.2 Å². The minimum atomic E-state index is -4.59. The van der Waals surface area contributed by atoms with Gasteiger partial charge in [0.15, 0.2) is 0 Å². The van der Waals surface area contributed by atoms with Gasteiger partial charge in [0.25, 0.3) is 0 Å². The van der Waals surface area contributed by atoms with Crippen LogP contribution in [0.1, 0.15) is 6.92 Å². The Morgan fingerprint density at radius 2 is 2.08 bits per heavy atom. The van der Waals surface area contributed by atoms with Crippen molar-refractivity contribution in [1.82, 2.24) is 0 Å². The van der Waals surface area contributed by atoms with Crippen molar-refractivity contribution in [3.8, 4) is 0 Å². The van der Waals surface area contributed by atoms with E-state index in [1.54, 1.807) is 0 Å². The Bertz CT molecular complexity index is 195. The lowest BCUT2D eigenvalue weighted by Crippen LogP contribution is -2.13. The largest absolute Gasteiger partial charge is 0.503 e.